The molecule has 3 rings (SSSR count). The maximum absolute atomic E-state index is 12.6. The topological polar surface area (TPSA) is 68.4 Å². The van der Waals surface area contributed by atoms with Gasteiger partial charge in [0.05, 0.1) is 25.0 Å². The number of nitrogens with zero attached hydrogens (tertiary/aromatic N) is 6. The summed E-state index contributed by atoms with van der Waals surface area (Å²) < 4.78 is 9.65. The van der Waals surface area contributed by atoms with Gasteiger partial charge in [-0.3, -0.25) is 9.48 Å². The Kier molecular flexibility index (Phi) is 5.19. The van der Waals surface area contributed by atoms with E-state index in [1.54, 1.807) is 6.20 Å². The molecule has 25 heavy (non-hydrogen) atoms. The van der Waals surface area contributed by atoms with Gasteiger partial charge in [0.2, 0.25) is 5.91 Å². The number of amides is 1. The second kappa shape index (κ2) is 7.37. The van der Waals surface area contributed by atoms with Gasteiger partial charge in [0, 0.05) is 38.1 Å². The van der Waals surface area contributed by atoms with Crippen LogP contribution in [0.4, 0.5) is 0 Å². The van der Waals surface area contributed by atoms with Gasteiger partial charge in [-0.15, -0.1) is 0 Å². The molecule has 2 aromatic rings. The number of fused-ring (bicyclic) bond motifs is 1. The SMILES string of the molecule is CC(OCC(=O)N1CCn2ncc(CN(C)C)c2C1)c1nccn1C. The zero-order valence-corrected chi connectivity index (χ0v) is 15.3. The van der Waals surface area contributed by atoms with Gasteiger partial charge in [-0.1, -0.05) is 0 Å². The number of hydrogen-bond donors (Lipinski definition) is 0. The van der Waals surface area contributed by atoms with E-state index >= 15 is 0 Å². The molecule has 0 saturated carbocycles. The fourth-order valence-corrected chi connectivity index (χ4v) is 3.12. The first-order valence-corrected chi connectivity index (χ1v) is 8.50. The van der Waals surface area contributed by atoms with Gasteiger partial charge in [-0.2, -0.15) is 5.10 Å². The Hall–Kier alpha value is -2.19. The maximum atomic E-state index is 12.6. The molecule has 1 atom stereocenters. The molecule has 0 saturated heterocycles. The third kappa shape index (κ3) is 3.91. The molecule has 0 aromatic carbocycles. The molecule has 1 aliphatic heterocycles. The molecule has 0 bridgehead atoms. The summed E-state index contributed by atoms with van der Waals surface area (Å²) in [5.41, 5.74) is 2.29. The number of aryl methyl sites for hydroxylation is 1. The predicted molar refractivity (Wildman–Crippen MR) is 92.6 cm³/mol. The smallest absolute Gasteiger partial charge is 0.249 e. The second-order valence-electron chi connectivity index (χ2n) is 6.74. The summed E-state index contributed by atoms with van der Waals surface area (Å²) in [6.45, 7) is 4.77. The van der Waals surface area contributed by atoms with Crippen LogP contribution in [0.25, 0.3) is 0 Å². The minimum absolute atomic E-state index is 0.00399. The van der Waals surface area contributed by atoms with Crippen LogP contribution in [0.5, 0.6) is 0 Å². The van der Waals surface area contributed by atoms with E-state index < -0.39 is 0 Å². The average Bonchev–Trinajstić information content (AvgIpc) is 3.18. The molecule has 8 heteroatoms. The van der Waals surface area contributed by atoms with Crippen LogP contribution in [-0.2, 0) is 36.2 Å². The second-order valence-corrected chi connectivity index (χ2v) is 6.74. The van der Waals surface area contributed by atoms with Crippen LogP contribution >= 0.6 is 0 Å². The zero-order valence-electron chi connectivity index (χ0n) is 15.3. The number of imidazole rings is 1. The van der Waals surface area contributed by atoms with E-state index in [0.29, 0.717) is 13.1 Å². The van der Waals surface area contributed by atoms with Gasteiger partial charge in [-0.05, 0) is 21.0 Å². The first kappa shape index (κ1) is 17.6. The van der Waals surface area contributed by atoms with Crippen LogP contribution in [0.15, 0.2) is 18.6 Å². The van der Waals surface area contributed by atoms with Crippen LogP contribution in [0.2, 0.25) is 0 Å². The van der Waals surface area contributed by atoms with Crippen LogP contribution in [0, 0.1) is 0 Å². The highest BCUT2D eigenvalue weighted by Gasteiger charge is 2.24. The number of rotatable bonds is 6. The van der Waals surface area contributed by atoms with Gasteiger partial charge in [0.15, 0.2) is 0 Å². The molecular formula is C17H26N6O2. The Labute approximate surface area is 148 Å². The Morgan fingerprint density at radius 3 is 2.88 bits per heavy atom. The first-order valence-electron chi connectivity index (χ1n) is 8.50. The molecule has 136 valence electrons. The highest BCUT2D eigenvalue weighted by molar-refractivity contribution is 5.77. The fourth-order valence-electron chi connectivity index (χ4n) is 3.12. The van der Waals surface area contributed by atoms with E-state index in [4.69, 9.17) is 4.74 Å². The molecule has 2 aromatic heterocycles. The fraction of sp³-hybridized carbons (Fsp3) is 0.588. The van der Waals surface area contributed by atoms with Crippen LogP contribution in [-0.4, -0.2) is 62.3 Å². The number of carbonyl (C=O) groups excluding carboxylic acids is 1. The lowest BCUT2D eigenvalue weighted by molar-refractivity contribution is -0.139. The van der Waals surface area contributed by atoms with Crippen molar-refractivity contribution < 1.29 is 9.53 Å². The third-order valence-corrected chi connectivity index (χ3v) is 4.48. The normalized spacial score (nSPS) is 15.5. The standard InChI is InChI=1S/C17H26N6O2/c1-13(17-18-5-6-21(17)4)25-12-16(24)22-7-8-23-15(11-22)14(9-19-23)10-20(2)3/h5-6,9,13H,7-8,10-12H2,1-4H3. The van der Waals surface area contributed by atoms with Crippen LogP contribution in [0.1, 0.15) is 30.1 Å². The summed E-state index contributed by atoms with van der Waals surface area (Å²) in [6.07, 6.45) is 5.29. The molecule has 0 N–H and O–H groups in total. The minimum Gasteiger partial charge on any atom is -0.361 e. The van der Waals surface area contributed by atoms with Crippen molar-refractivity contribution in [2.75, 3.05) is 27.2 Å². The lowest BCUT2D eigenvalue weighted by atomic mass is 10.2. The van der Waals surface area contributed by atoms with Crippen molar-refractivity contribution in [2.24, 2.45) is 7.05 Å². The lowest BCUT2D eigenvalue weighted by Crippen LogP contribution is -2.41. The van der Waals surface area contributed by atoms with Gasteiger partial charge in [0.25, 0.3) is 0 Å². The zero-order chi connectivity index (χ0) is 18.0. The summed E-state index contributed by atoms with van der Waals surface area (Å²) in [6, 6.07) is 0. The third-order valence-electron chi connectivity index (χ3n) is 4.48. The Morgan fingerprint density at radius 1 is 1.40 bits per heavy atom. The lowest BCUT2D eigenvalue weighted by Gasteiger charge is -2.29. The van der Waals surface area contributed by atoms with E-state index in [0.717, 1.165) is 24.6 Å². The number of ether oxygens (including phenoxy) is 1. The largest absolute Gasteiger partial charge is 0.361 e. The van der Waals surface area contributed by atoms with E-state index in [2.05, 4.69) is 15.0 Å². The van der Waals surface area contributed by atoms with Crippen molar-refractivity contribution in [3.63, 3.8) is 0 Å². The summed E-state index contributed by atoms with van der Waals surface area (Å²) in [7, 11) is 5.98. The molecule has 1 unspecified atom stereocenters. The first-order chi connectivity index (χ1) is 12.0. The van der Waals surface area contributed by atoms with Crippen molar-refractivity contribution in [1.82, 2.24) is 29.1 Å². The number of carbonyl (C=O) groups is 1. The van der Waals surface area contributed by atoms with Crippen molar-refractivity contribution in [3.05, 3.63) is 35.7 Å². The maximum Gasteiger partial charge on any atom is 0.249 e. The minimum atomic E-state index is -0.219. The van der Waals surface area contributed by atoms with Crippen LogP contribution in [0.3, 0.4) is 0 Å². The highest BCUT2D eigenvalue weighted by atomic mass is 16.5. The summed E-state index contributed by atoms with van der Waals surface area (Å²) in [5.74, 6) is 0.821. The monoisotopic (exact) mass is 346 g/mol. The van der Waals surface area contributed by atoms with Crippen molar-refractivity contribution in [1.29, 1.82) is 0 Å². The van der Waals surface area contributed by atoms with Gasteiger partial charge >= 0.3 is 0 Å². The van der Waals surface area contributed by atoms with Crippen molar-refractivity contribution in [2.45, 2.75) is 32.7 Å². The molecule has 1 aliphatic rings. The summed E-state index contributed by atoms with van der Waals surface area (Å²) in [4.78, 5) is 20.8. The Morgan fingerprint density at radius 2 is 2.20 bits per heavy atom. The molecule has 1 amide bonds. The molecule has 3 heterocycles. The summed E-state index contributed by atoms with van der Waals surface area (Å²) >= 11 is 0. The molecule has 0 aliphatic carbocycles. The van der Waals surface area contributed by atoms with Crippen molar-refractivity contribution >= 4 is 5.91 Å². The van der Waals surface area contributed by atoms with E-state index in [9.17, 15) is 4.79 Å². The molecular weight excluding hydrogens is 320 g/mol. The van der Waals surface area contributed by atoms with Crippen LogP contribution < -0.4 is 0 Å². The Balaban J connectivity index is 1.59. The Bertz CT molecular complexity index is 735. The average molecular weight is 346 g/mol. The predicted octanol–water partition coefficient (Wildman–Crippen LogP) is 0.798. The van der Waals surface area contributed by atoms with Gasteiger partial charge in [0.1, 0.15) is 18.5 Å². The van der Waals surface area contributed by atoms with E-state index in [-0.39, 0.29) is 18.6 Å². The van der Waals surface area contributed by atoms with E-state index in [1.807, 2.05) is 54.6 Å². The number of hydrogen-bond acceptors (Lipinski definition) is 5. The molecule has 0 spiro atoms. The van der Waals surface area contributed by atoms with Crippen molar-refractivity contribution in [3.8, 4) is 0 Å². The van der Waals surface area contributed by atoms with Gasteiger partial charge in [-0.25, -0.2) is 4.98 Å². The summed E-state index contributed by atoms with van der Waals surface area (Å²) in [5, 5.41) is 4.43. The van der Waals surface area contributed by atoms with Gasteiger partial charge < -0.3 is 19.1 Å². The quantitative estimate of drug-likeness (QED) is 0.774. The molecule has 0 fully saturated rings. The van der Waals surface area contributed by atoms with E-state index in [1.165, 1.54) is 5.56 Å². The molecule has 8 nitrogen and oxygen atoms in total. The molecule has 0 radical (unpaired) electrons. The highest BCUT2D eigenvalue weighted by Crippen LogP contribution is 2.19. The number of aromatic nitrogens is 4.